The molecule has 1 rings (SSSR count). The van der Waals surface area contributed by atoms with Crippen molar-refractivity contribution in [3.8, 4) is 0 Å². The molecule has 0 aliphatic carbocycles. The van der Waals surface area contributed by atoms with Crippen molar-refractivity contribution in [2.45, 2.75) is 45.8 Å². The summed E-state index contributed by atoms with van der Waals surface area (Å²) < 4.78 is 0.910. The lowest BCUT2D eigenvalue weighted by atomic mass is 9.71. The van der Waals surface area contributed by atoms with E-state index in [1.54, 1.807) is 0 Å². The molecular formula is C18H34N3O4+. The van der Waals surface area contributed by atoms with E-state index in [-0.39, 0.29) is 17.7 Å². The van der Waals surface area contributed by atoms with E-state index in [1.807, 2.05) is 6.92 Å². The van der Waals surface area contributed by atoms with Gasteiger partial charge in [-0.1, -0.05) is 13.8 Å². The van der Waals surface area contributed by atoms with Crippen LogP contribution in [-0.2, 0) is 14.4 Å². The first-order valence-electron chi connectivity index (χ1n) is 9.20. The van der Waals surface area contributed by atoms with Crippen molar-refractivity contribution < 1.29 is 24.0 Å². The quantitative estimate of drug-likeness (QED) is 0.313. The minimum absolute atomic E-state index is 0.114. The number of rotatable bonds is 9. The molecule has 7 heteroatoms. The van der Waals surface area contributed by atoms with E-state index < -0.39 is 18.1 Å². The molecule has 2 amide bonds. The summed E-state index contributed by atoms with van der Waals surface area (Å²) in [5, 5.41) is 11.8. The SMILES string of the molecule is CCC(CC(C(=O)NC(O)C=O)C1CC[N+](C)(C)CC1CC)C(N)=O. The molecule has 1 heterocycles. The lowest BCUT2D eigenvalue weighted by Gasteiger charge is -2.45. The van der Waals surface area contributed by atoms with Gasteiger partial charge in [-0.05, 0) is 25.2 Å². The number of primary amides is 1. The van der Waals surface area contributed by atoms with Crippen LogP contribution in [0.4, 0.5) is 0 Å². The average molecular weight is 356 g/mol. The third-order valence-corrected chi connectivity index (χ3v) is 5.63. The summed E-state index contributed by atoms with van der Waals surface area (Å²) >= 11 is 0. The number of hydrogen-bond acceptors (Lipinski definition) is 4. The third-order valence-electron chi connectivity index (χ3n) is 5.63. The predicted molar refractivity (Wildman–Crippen MR) is 95.0 cm³/mol. The molecule has 1 aliphatic rings. The van der Waals surface area contributed by atoms with Crippen molar-refractivity contribution in [1.29, 1.82) is 0 Å². The molecule has 5 unspecified atom stereocenters. The Hall–Kier alpha value is -1.47. The van der Waals surface area contributed by atoms with Gasteiger partial charge in [0.15, 0.2) is 12.5 Å². The zero-order chi connectivity index (χ0) is 19.2. The zero-order valence-corrected chi connectivity index (χ0v) is 15.9. The molecule has 0 saturated carbocycles. The molecule has 5 atom stereocenters. The number of aliphatic hydroxyl groups excluding tert-OH is 1. The Morgan fingerprint density at radius 1 is 1.36 bits per heavy atom. The van der Waals surface area contributed by atoms with Gasteiger partial charge in [-0.25, -0.2) is 0 Å². The fourth-order valence-corrected chi connectivity index (χ4v) is 4.11. The van der Waals surface area contributed by atoms with Gasteiger partial charge in [0, 0.05) is 24.2 Å². The number of carbonyl (C=O) groups is 3. The molecule has 0 spiro atoms. The molecule has 0 bridgehead atoms. The lowest BCUT2D eigenvalue weighted by Crippen LogP contribution is -2.54. The number of piperidine rings is 1. The topological polar surface area (TPSA) is 109 Å². The molecule has 4 N–H and O–H groups in total. The maximum atomic E-state index is 12.7. The van der Waals surface area contributed by atoms with E-state index in [4.69, 9.17) is 5.73 Å². The van der Waals surface area contributed by atoms with E-state index in [2.05, 4.69) is 26.3 Å². The van der Waals surface area contributed by atoms with Crippen LogP contribution in [-0.4, -0.2) is 61.1 Å². The Bertz CT molecular complexity index is 481. The first-order chi connectivity index (χ1) is 11.6. The van der Waals surface area contributed by atoms with Crippen LogP contribution in [0.5, 0.6) is 0 Å². The normalized spacial score (nSPS) is 26.3. The Morgan fingerprint density at radius 3 is 2.48 bits per heavy atom. The van der Waals surface area contributed by atoms with Crippen molar-refractivity contribution in [3.63, 3.8) is 0 Å². The Morgan fingerprint density at radius 2 is 2.00 bits per heavy atom. The second-order valence-electron chi connectivity index (χ2n) is 7.90. The molecule has 1 saturated heterocycles. The Balaban J connectivity index is 3.05. The van der Waals surface area contributed by atoms with Crippen LogP contribution in [0.3, 0.4) is 0 Å². The van der Waals surface area contributed by atoms with E-state index in [9.17, 15) is 19.5 Å². The van der Waals surface area contributed by atoms with Crippen LogP contribution < -0.4 is 11.1 Å². The fraction of sp³-hybridized carbons (Fsp3) is 0.833. The van der Waals surface area contributed by atoms with Crippen molar-refractivity contribution >= 4 is 18.1 Å². The molecule has 0 aromatic rings. The highest BCUT2D eigenvalue weighted by molar-refractivity contribution is 5.83. The van der Waals surface area contributed by atoms with E-state index in [0.29, 0.717) is 25.0 Å². The monoisotopic (exact) mass is 356 g/mol. The second-order valence-corrected chi connectivity index (χ2v) is 7.90. The van der Waals surface area contributed by atoms with Crippen LogP contribution in [0.15, 0.2) is 0 Å². The lowest BCUT2D eigenvalue weighted by molar-refractivity contribution is -0.900. The van der Waals surface area contributed by atoms with Crippen LogP contribution in [0, 0.1) is 23.7 Å². The summed E-state index contributed by atoms with van der Waals surface area (Å²) in [4.78, 5) is 35.1. The number of nitrogens with zero attached hydrogens (tertiary/aromatic N) is 1. The maximum Gasteiger partial charge on any atom is 0.225 e. The van der Waals surface area contributed by atoms with Crippen molar-refractivity contribution in [2.75, 3.05) is 27.2 Å². The van der Waals surface area contributed by atoms with Gasteiger partial charge in [0.1, 0.15) is 0 Å². The minimum atomic E-state index is -1.51. The van der Waals surface area contributed by atoms with Crippen molar-refractivity contribution in [3.05, 3.63) is 0 Å². The van der Waals surface area contributed by atoms with Crippen LogP contribution >= 0.6 is 0 Å². The first-order valence-corrected chi connectivity index (χ1v) is 9.20. The van der Waals surface area contributed by atoms with Gasteiger partial charge >= 0.3 is 0 Å². The summed E-state index contributed by atoms with van der Waals surface area (Å²) in [7, 11) is 4.37. The molecule has 0 aromatic heterocycles. The number of carbonyl (C=O) groups excluding carboxylic acids is 3. The molecular weight excluding hydrogens is 322 g/mol. The molecule has 7 nitrogen and oxygen atoms in total. The number of aliphatic hydroxyl groups is 1. The second kappa shape index (κ2) is 9.29. The smallest absolute Gasteiger partial charge is 0.225 e. The molecule has 1 fully saturated rings. The third kappa shape index (κ3) is 6.08. The first kappa shape index (κ1) is 21.6. The summed E-state index contributed by atoms with van der Waals surface area (Å²) in [6.45, 7) is 5.91. The molecule has 144 valence electrons. The number of aldehydes is 1. The largest absolute Gasteiger partial charge is 0.369 e. The number of nitrogens with one attached hydrogen (secondary N) is 1. The van der Waals surface area contributed by atoms with E-state index >= 15 is 0 Å². The van der Waals surface area contributed by atoms with Crippen molar-refractivity contribution in [2.24, 2.45) is 29.4 Å². The molecule has 0 aromatic carbocycles. The van der Waals surface area contributed by atoms with Crippen LogP contribution in [0.1, 0.15) is 39.5 Å². The van der Waals surface area contributed by atoms with Crippen LogP contribution in [0.25, 0.3) is 0 Å². The van der Waals surface area contributed by atoms with Crippen molar-refractivity contribution in [1.82, 2.24) is 5.32 Å². The number of hydrogen-bond donors (Lipinski definition) is 3. The molecule has 0 radical (unpaired) electrons. The summed E-state index contributed by atoms with van der Waals surface area (Å²) in [5.41, 5.74) is 5.48. The average Bonchev–Trinajstić information content (AvgIpc) is 2.55. The van der Waals surface area contributed by atoms with Crippen LogP contribution in [0.2, 0.25) is 0 Å². The highest BCUT2D eigenvalue weighted by Gasteiger charge is 2.42. The minimum Gasteiger partial charge on any atom is -0.369 e. The highest BCUT2D eigenvalue weighted by atomic mass is 16.3. The van der Waals surface area contributed by atoms with E-state index in [1.165, 1.54) is 0 Å². The number of likely N-dealkylation sites (tertiary alicyclic amines) is 1. The van der Waals surface area contributed by atoms with Gasteiger partial charge in [0.25, 0.3) is 0 Å². The van der Waals surface area contributed by atoms with Gasteiger partial charge < -0.3 is 20.6 Å². The van der Waals surface area contributed by atoms with Gasteiger partial charge in [0.05, 0.1) is 27.2 Å². The fourth-order valence-electron chi connectivity index (χ4n) is 4.11. The van der Waals surface area contributed by atoms with Gasteiger partial charge in [-0.15, -0.1) is 0 Å². The number of quaternary nitrogens is 1. The standard InChI is InChI=1S/C18H33N3O4/c1-5-12(17(19)24)9-15(18(25)20-16(23)11-22)14-7-8-21(3,4)10-13(14)6-2/h11-16,23H,5-10H2,1-4H3,(H2-,19,20,24,25)/p+1. The number of nitrogens with two attached hydrogens (primary N) is 1. The summed E-state index contributed by atoms with van der Waals surface area (Å²) in [6, 6.07) is 0. The predicted octanol–water partition coefficient (Wildman–Crippen LogP) is 0.260. The Kier molecular flexibility index (Phi) is 8.02. The molecule has 25 heavy (non-hydrogen) atoms. The molecule has 1 aliphatic heterocycles. The van der Waals surface area contributed by atoms with E-state index in [0.717, 1.165) is 30.4 Å². The maximum absolute atomic E-state index is 12.7. The van der Waals surface area contributed by atoms with Gasteiger partial charge in [-0.3, -0.25) is 14.4 Å². The zero-order valence-electron chi connectivity index (χ0n) is 15.9. The highest BCUT2D eigenvalue weighted by Crippen LogP contribution is 2.37. The summed E-state index contributed by atoms with van der Waals surface area (Å²) in [5.74, 6) is -1.13. The Labute approximate surface area is 150 Å². The number of amides is 2. The van der Waals surface area contributed by atoms with Gasteiger partial charge in [0.2, 0.25) is 11.8 Å². The summed E-state index contributed by atoms with van der Waals surface area (Å²) in [6.07, 6.45) is 1.52. The van der Waals surface area contributed by atoms with Gasteiger partial charge in [-0.2, -0.15) is 0 Å².